The summed E-state index contributed by atoms with van der Waals surface area (Å²) in [5, 5.41) is 0. The summed E-state index contributed by atoms with van der Waals surface area (Å²) in [5.74, 6) is -0.989. The molecule has 0 N–H and O–H groups in total. The molecule has 1 atom stereocenters. The molecular formula is C7H13F3O3S. The van der Waals surface area contributed by atoms with Gasteiger partial charge in [-0.3, -0.25) is 4.18 Å². The average Bonchev–Trinajstić information content (AvgIpc) is 1.79. The van der Waals surface area contributed by atoms with Crippen LogP contribution < -0.4 is 0 Å². The topological polar surface area (TPSA) is 43.4 Å². The van der Waals surface area contributed by atoms with Gasteiger partial charge in [-0.2, -0.15) is 21.6 Å². The maximum absolute atomic E-state index is 12.5. The van der Waals surface area contributed by atoms with Crippen LogP contribution in [0.4, 0.5) is 13.2 Å². The van der Waals surface area contributed by atoms with Gasteiger partial charge in [-0.1, -0.05) is 13.8 Å². The Morgan fingerprint density at radius 3 is 1.64 bits per heavy atom. The molecule has 0 heterocycles. The van der Waals surface area contributed by atoms with E-state index in [1.54, 1.807) is 0 Å². The van der Waals surface area contributed by atoms with Crippen LogP contribution in [0.25, 0.3) is 0 Å². The monoisotopic (exact) mass is 234 g/mol. The molecule has 0 aliphatic heterocycles. The van der Waals surface area contributed by atoms with Gasteiger partial charge < -0.3 is 0 Å². The zero-order chi connectivity index (χ0) is 11.8. The van der Waals surface area contributed by atoms with E-state index >= 15 is 0 Å². The van der Waals surface area contributed by atoms with Crippen LogP contribution in [0.5, 0.6) is 0 Å². The fourth-order valence-electron chi connectivity index (χ4n) is 0.785. The number of hydrogen-bond donors (Lipinski definition) is 0. The van der Waals surface area contributed by atoms with Gasteiger partial charge in [-0.15, -0.1) is 0 Å². The molecule has 0 fully saturated rings. The number of hydrogen-bond acceptors (Lipinski definition) is 3. The highest BCUT2D eigenvalue weighted by Gasteiger charge is 2.56. The first kappa shape index (κ1) is 13.7. The third-order valence-corrected chi connectivity index (χ3v) is 2.64. The molecule has 1 unspecified atom stereocenters. The Kier molecular flexibility index (Phi) is 3.61. The highest BCUT2D eigenvalue weighted by molar-refractivity contribution is 7.86. The van der Waals surface area contributed by atoms with Crippen LogP contribution in [-0.4, -0.2) is 26.5 Å². The van der Waals surface area contributed by atoms with Gasteiger partial charge in [-0.05, 0) is 12.8 Å². The molecule has 0 aromatic carbocycles. The lowest BCUT2D eigenvalue weighted by molar-refractivity contribution is -0.255. The Bertz CT molecular complexity index is 294. The summed E-state index contributed by atoms with van der Waals surface area (Å²) in [5.41, 5.74) is -2.67. The first-order valence-corrected chi connectivity index (χ1v) is 5.69. The van der Waals surface area contributed by atoms with Crippen LogP contribution in [0.1, 0.15) is 20.8 Å². The number of alkyl halides is 3. The van der Waals surface area contributed by atoms with E-state index in [0.717, 1.165) is 6.92 Å². The molecule has 0 amide bonds. The van der Waals surface area contributed by atoms with Gasteiger partial charge in [0.05, 0.1) is 6.26 Å². The second-order valence-electron chi connectivity index (χ2n) is 3.55. The lowest BCUT2D eigenvalue weighted by Gasteiger charge is -2.33. The van der Waals surface area contributed by atoms with Crippen molar-refractivity contribution >= 4 is 10.1 Å². The standard InChI is InChI=1S/C7H13F3O3S/c1-5(2)6(3,7(8,9)10)13-14(4,11)12/h5H,1-4H3. The van der Waals surface area contributed by atoms with E-state index in [2.05, 4.69) is 4.18 Å². The molecule has 0 spiro atoms. The van der Waals surface area contributed by atoms with Gasteiger partial charge in [0, 0.05) is 0 Å². The second kappa shape index (κ2) is 3.69. The first-order chi connectivity index (χ1) is 5.90. The predicted molar refractivity (Wildman–Crippen MR) is 45.2 cm³/mol. The van der Waals surface area contributed by atoms with Crippen LogP contribution in [0.2, 0.25) is 0 Å². The van der Waals surface area contributed by atoms with Crippen molar-refractivity contribution in [2.45, 2.75) is 32.5 Å². The normalized spacial score (nSPS) is 18.3. The first-order valence-electron chi connectivity index (χ1n) is 3.87. The van der Waals surface area contributed by atoms with Crippen molar-refractivity contribution in [3.63, 3.8) is 0 Å². The Morgan fingerprint density at radius 2 is 1.57 bits per heavy atom. The van der Waals surface area contributed by atoms with Gasteiger partial charge in [0.1, 0.15) is 0 Å². The quantitative estimate of drug-likeness (QED) is 0.701. The van der Waals surface area contributed by atoms with Gasteiger partial charge in [-0.25, -0.2) is 0 Å². The van der Waals surface area contributed by atoms with Gasteiger partial charge in [0.25, 0.3) is 10.1 Å². The van der Waals surface area contributed by atoms with E-state index in [1.807, 2.05) is 0 Å². The highest BCUT2D eigenvalue weighted by atomic mass is 32.2. The molecule has 0 aliphatic carbocycles. The van der Waals surface area contributed by atoms with Gasteiger partial charge in [0.15, 0.2) is 5.60 Å². The highest BCUT2D eigenvalue weighted by Crippen LogP contribution is 2.39. The Morgan fingerprint density at radius 1 is 1.21 bits per heavy atom. The molecule has 3 nitrogen and oxygen atoms in total. The largest absolute Gasteiger partial charge is 0.418 e. The third kappa shape index (κ3) is 3.13. The smallest absolute Gasteiger partial charge is 0.254 e. The van der Waals surface area contributed by atoms with Crippen molar-refractivity contribution in [2.24, 2.45) is 5.92 Å². The molecule has 86 valence electrons. The van der Waals surface area contributed by atoms with E-state index < -0.39 is 27.8 Å². The van der Waals surface area contributed by atoms with Gasteiger partial charge >= 0.3 is 6.18 Å². The van der Waals surface area contributed by atoms with Crippen LogP contribution in [-0.2, 0) is 14.3 Å². The number of rotatable bonds is 3. The summed E-state index contributed by atoms with van der Waals surface area (Å²) in [6.07, 6.45) is -4.12. The molecular weight excluding hydrogens is 221 g/mol. The zero-order valence-electron chi connectivity index (χ0n) is 8.34. The SMILES string of the molecule is CC(C)C(C)(OS(C)(=O)=O)C(F)(F)F. The summed E-state index contributed by atoms with van der Waals surface area (Å²) in [6.45, 7) is 3.22. The summed E-state index contributed by atoms with van der Waals surface area (Å²) >= 11 is 0. The van der Waals surface area contributed by atoms with Crippen LogP contribution in [0, 0.1) is 5.92 Å². The van der Waals surface area contributed by atoms with Crippen LogP contribution >= 0.6 is 0 Å². The van der Waals surface area contributed by atoms with E-state index in [4.69, 9.17) is 0 Å². The van der Waals surface area contributed by atoms with E-state index in [9.17, 15) is 21.6 Å². The Hall–Kier alpha value is -0.300. The summed E-state index contributed by atoms with van der Waals surface area (Å²) in [7, 11) is -4.13. The molecule has 0 rings (SSSR count). The molecule has 0 saturated heterocycles. The van der Waals surface area contributed by atoms with Gasteiger partial charge in [0.2, 0.25) is 0 Å². The molecule has 0 bridgehead atoms. The third-order valence-electron chi connectivity index (χ3n) is 1.99. The molecule has 7 heteroatoms. The van der Waals surface area contributed by atoms with Crippen molar-refractivity contribution in [1.82, 2.24) is 0 Å². The molecule has 0 aliphatic rings. The minimum absolute atomic E-state index is 0.597. The summed E-state index contributed by atoms with van der Waals surface area (Å²) in [4.78, 5) is 0. The van der Waals surface area contributed by atoms with Crippen molar-refractivity contribution in [1.29, 1.82) is 0 Å². The summed E-state index contributed by atoms with van der Waals surface area (Å²) in [6, 6.07) is 0. The maximum atomic E-state index is 12.5. The van der Waals surface area contributed by atoms with Crippen molar-refractivity contribution in [3.8, 4) is 0 Å². The van der Waals surface area contributed by atoms with Crippen molar-refractivity contribution in [3.05, 3.63) is 0 Å². The molecule has 0 aromatic heterocycles. The second-order valence-corrected chi connectivity index (χ2v) is 5.12. The fourth-order valence-corrected chi connectivity index (χ4v) is 1.70. The van der Waals surface area contributed by atoms with Crippen molar-refractivity contribution < 1.29 is 25.8 Å². The van der Waals surface area contributed by atoms with Crippen molar-refractivity contribution in [2.75, 3.05) is 6.26 Å². The minimum atomic E-state index is -4.72. The fraction of sp³-hybridized carbons (Fsp3) is 1.00. The lowest BCUT2D eigenvalue weighted by atomic mass is 9.92. The predicted octanol–water partition coefficient (Wildman–Crippen LogP) is 1.94. The minimum Gasteiger partial charge on any atom is -0.254 e. The Labute approximate surface area is 81.4 Å². The van der Waals surface area contributed by atoms with Crippen LogP contribution in [0.15, 0.2) is 0 Å². The molecule has 0 saturated carbocycles. The van der Waals surface area contributed by atoms with E-state index in [-0.39, 0.29) is 0 Å². The van der Waals surface area contributed by atoms with E-state index in [1.165, 1.54) is 13.8 Å². The summed E-state index contributed by atoms with van der Waals surface area (Å²) < 4.78 is 62.9. The number of halogens is 3. The molecule has 0 aromatic rings. The maximum Gasteiger partial charge on any atom is 0.418 e. The van der Waals surface area contributed by atoms with E-state index in [0.29, 0.717) is 6.26 Å². The molecule has 14 heavy (non-hydrogen) atoms. The lowest BCUT2D eigenvalue weighted by Crippen LogP contribution is -2.50. The Balaban J connectivity index is 5.14. The average molecular weight is 234 g/mol. The van der Waals surface area contributed by atoms with Crippen LogP contribution in [0.3, 0.4) is 0 Å². The zero-order valence-corrected chi connectivity index (χ0v) is 9.16. The molecule has 0 radical (unpaired) electrons.